The lowest BCUT2D eigenvalue weighted by Crippen LogP contribution is -2.38. The second kappa shape index (κ2) is 9.60. The van der Waals surface area contributed by atoms with Gasteiger partial charge in [-0.05, 0) is 49.7 Å². The van der Waals surface area contributed by atoms with E-state index in [0.29, 0.717) is 6.54 Å². The van der Waals surface area contributed by atoms with Gasteiger partial charge in [0.1, 0.15) is 5.75 Å². The van der Waals surface area contributed by atoms with Gasteiger partial charge in [0.25, 0.3) is 0 Å². The fraction of sp³-hybridized carbons (Fsp3) is 0.273. The third-order valence-corrected chi connectivity index (χ3v) is 4.38. The number of aliphatic imine (C=N–C) groups is 1. The Bertz CT molecular complexity index is 887. The van der Waals surface area contributed by atoms with Crippen molar-refractivity contribution in [2.75, 3.05) is 13.7 Å². The Morgan fingerprint density at radius 1 is 1.11 bits per heavy atom. The van der Waals surface area contributed by atoms with E-state index in [-0.39, 0.29) is 6.04 Å². The van der Waals surface area contributed by atoms with Gasteiger partial charge < -0.3 is 15.4 Å². The Morgan fingerprint density at radius 2 is 1.86 bits per heavy atom. The van der Waals surface area contributed by atoms with Crippen molar-refractivity contribution >= 4 is 5.96 Å². The molecule has 0 aliphatic rings. The lowest BCUT2D eigenvalue weighted by atomic mass is 10.1. The van der Waals surface area contributed by atoms with Gasteiger partial charge in [-0.2, -0.15) is 5.10 Å². The van der Waals surface area contributed by atoms with Crippen molar-refractivity contribution in [2.45, 2.75) is 26.4 Å². The predicted molar refractivity (Wildman–Crippen MR) is 113 cm³/mol. The van der Waals surface area contributed by atoms with Crippen molar-refractivity contribution < 1.29 is 4.74 Å². The highest BCUT2D eigenvalue weighted by molar-refractivity contribution is 5.80. The first kappa shape index (κ1) is 19.5. The molecule has 0 saturated heterocycles. The van der Waals surface area contributed by atoms with E-state index in [1.165, 1.54) is 5.56 Å². The minimum atomic E-state index is 0.163. The Labute approximate surface area is 166 Å². The third kappa shape index (κ3) is 5.13. The average molecular weight is 377 g/mol. The highest BCUT2D eigenvalue weighted by atomic mass is 16.5. The lowest BCUT2D eigenvalue weighted by molar-refractivity contribution is 0.414. The maximum absolute atomic E-state index is 5.20. The standard InChI is InChI=1S/C22H27N5O/c1-4-23-22(25-17(2)18-8-6-5-7-9-18)24-16-19-14-15-27(26-19)20-10-12-21(28-3)13-11-20/h5-15,17H,4,16H2,1-3H3,(H2,23,24,25). The molecule has 2 aromatic carbocycles. The molecule has 2 N–H and O–H groups in total. The van der Waals surface area contributed by atoms with Crippen molar-refractivity contribution in [2.24, 2.45) is 4.99 Å². The number of hydrogen-bond donors (Lipinski definition) is 2. The molecule has 1 aromatic heterocycles. The maximum atomic E-state index is 5.20. The zero-order chi connectivity index (χ0) is 19.8. The minimum Gasteiger partial charge on any atom is -0.497 e. The zero-order valence-corrected chi connectivity index (χ0v) is 16.6. The van der Waals surface area contributed by atoms with E-state index in [0.717, 1.165) is 29.6 Å². The molecule has 0 aliphatic heterocycles. The number of benzene rings is 2. The van der Waals surface area contributed by atoms with E-state index in [1.807, 2.05) is 59.4 Å². The summed E-state index contributed by atoms with van der Waals surface area (Å²) in [5, 5.41) is 11.4. The molecule has 0 amide bonds. The molecule has 6 nitrogen and oxygen atoms in total. The molecule has 0 bridgehead atoms. The summed E-state index contributed by atoms with van der Waals surface area (Å²) in [5.41, 5.74) is 3.11. The van der Waals surface area contributed by atoms with E-state index in [2.05, 4.69) is 46.7 Å². The number of aromatic nitrogens is 2. The fourth-order valence-electron chi connectivity index (χ4n) is 2.83. The Balaban J connectivity index is 1.66. The first-order valence-corrected chi connectivity index (χ1v) is 9.48. The molecule has 0 spiro atoms. The SMILES string of the molecule is CCNC(=NCc1ccn(-c2ccc(OC)cc2)n1)NC(C)c1ccccc1. The highest BCUT2D eigenvalue weighted by Gasteiger charge is 2.08. The first-order valence-electron chi connectivity index (χ1n) is 9.48. The number of hydrogen-bond acceptors (Lipinski definition) is 3. The van der Waals surface area contributed by atoms with Gasteiger partial charge in [-0.3, -0.25) is 0 Å². The van der Waals surface area contributed by atoms with Crippen LogP contribution in [0.25, 0.3) is 5.69 Å². The van der Waals surface area contributed by atoms with E-state index in [1.54, 1.807) is 7.11 Å². The number of guanidine groups is 1. The van der Waals surface area contributed by atoms with Gasteiger partial charge in [-0.25, -0.2) is 9.67 Å². The summed E-state index contributed by atoms with van der Waals surface area (Å²) >= 11 is 0. The summed E-state index contributed by atoms with van der Waals surface area (Å²) in [6, 6.07) is 20.3. The molecule has 0 aliphatic carbocycles. The second-order valence-corrected chi connectivity index (χ2v) is 6.42. The smallest absolute Gasteiger partial charge is 0.192 e. The Morgan fingerprint density at radius 3 is 2.54 bits per heavy atom. The Hall–Kier alpha value is -3.28. The summed E-state index contributed by atoms with van der Waals surface area (Å²) in [6.45, 7) is 5.48. The van der Waals surface area contributed by atoms with Crippen LogP contribution in [0.15, 0.2) is 71.9 Å². The van der Waals surface area contributed by atoms with Crippen LogP contribution in [0.2, 0.25) is 0 Å². The molecular formula is C22H27N5O. The van der Waals surface area contributed by atoms with E-state index >= 15 is 0 Å². The summed E-state index contributed by atoms with van der Waals surface area (Å²) in [7, 11) is 1.66. The highest BCUT2D eigenvalue weighted by Crippen LogP contribution is 2.15. The van der Waals surface area contributed by atoms with Crippen LogP contribution in [-0.2, 0) is 6.54 Å². The topological polar surface area (TPSA) is 63.5 Å². The summed E-state index contributed by atoms with van der Waals surface area (Å²) in [6.07, 6.45) is 1.94. The predicted octanol–water partition coefficient (Wildman–Crippen LogP) is 3.70. The number of rotatable bonds is 7. The van der Waals surface area contributed by atoms with Gasteiger partial charge in [-0.15, -0.1) is 0 Å². The first-order chi connectivity index (χ1) is 13.7. The van der Waals surface area contributed by atoms with Gasteiger partial charge in [-0.1, -0.05) is 30.3 Å². The van der Waals surface area contributed by atoms with Crippen molar-refractivity contribution in [3.05, 3.63) is 78.1 Å². The van der Waals surface area contributed by atoms with E-state index in [9.17, 15) is 0 Å². The third-order valence-electron chi connectivity index (χ3n) is 4.38. The van der Waals surface area contributed by atoms with Crippen LogP contribution < -0.4 is 15.4 Å². The molecule has 28 heavy (non-hydrogen) atoms. The van der Waals surface area contributed by atoms with Crippen LogP contribution >= 0.6 is 0 Å². The molecule has 0 radical (unpaired) electrons. The Kier molecular flexibility index (Phi) is 6.68. The molecule has 0 saturated carbocycles. The van der Waals surface area contributed by atoms with Gasteiger partial charge in [0.15, 0.2) is 5.96 Å². The van der Waals surface area contributed by atoms with E-state index in [4.69, 9.17) is 4.74 Å². The average Bonchev–Trinajstić information content (AvgIpc) is 3.22. The zero-order valence-electron chi connectivity index (χ0n) is 16.6. The summed E-state index contributed by atoms with van der Waals surface area (Å²) in [5.74, 6) is 1.60. The monoisotopic (exact) mass is 377 g/mol. The van der Waals surface area contributed by atoms with Gasteiger partial charge in [0, 0.05) is 12.7 Å². The molecule has 3 aromatic rings. The van der Waals surface area contributed by atoms with Crippen molar-refractivity contribution in [3.8, 4) is 11.4 Å². The molecule has 0 fully saturated rings. The number of methoxy groups -OCH3 is 1. The van der Waals surface area contributed by atoms with E-state index < -0.39 is 0 Å². The lowest BCUT2D eigenvalue weighted by Gasteiger charge is -2.18. The molecule has 1 heterocycles. The molecular weight excluding hydrogens is 350 g/mol. The molecule has 1 unspecified atom stereocenters. The fourth-order valence-corrected chi connectivity index (χ4v) is 2.83. The number of ether oxygens (including phenoxy) is 1. The van der Waals surface area contributed by atoms with Crippen molar-refractivity contribution in [1.29, 1.82) is 0 Å². The van der Waals surface area contributed by atoms with Crippen LogP contribution in [0.3, 0.4) is 0 Å². The van der Waals surface area contributed by atoms with Crippen LogP contribution in [0.5, 0.6) is 5.75 Å². The number of nitrogens with one attached hydrogen (secondary N) is 2. The summed E-state index contributed by atoms with van der Waals surface area (Å²) < 4.78 is 7.04. The van der Waals surface area contributed by atoms with Gasteiger partial charge >= 0.3 is 0 Å². The minimum absolute atomic E-state index is 0.163. The maximum Gasteiger partial charge on any atom is 0.192 e. The normalized spacial score (nSPS) is 12.5. The van der Waals surface area contributed by atoms with Gasteiger partial charge in [0.05, 0.1) is 31.1 Å². The van der Waals surface area contributed by atoms with Crippen LogP contribution in [0.1, 0.15) is 31.1 Å². The van der Waals surface area contributed by atoms with Crippen molar-refractivity contribution in [1.82, 2.24) is 20.4 Å². The number of nitrogens with zero attached hydrogens (tertiary/aromatic N) is 3. The molecule has 3 rings (SSSR count). The van der Waals surface area contributed by atoms with Gasteiger partial charge in [0.2, 0.25) is 0 Å². The van der Waals surface area contributed by atoms with Crippen LogP contribution in [0, 0.1) is 0 Å². The molecule has 6 heteroatoms. The van der Waals surface area contributed by atoms with Crippen LogP contribution in [-0.4, -0.2) is 29.4 Å². The summed E-state index contributed by atoms with van der Waals surface area (Å²) in [4.78, 5) is 4.68. The van der Waals surface area contributed by atoms with Crippen molar-refractivity contribution in [3.63, 3.8) is 0 Å². The quantitative estimate of drug-likeness (QED) is 0.487. The van der Waals surface area contributed by atoms with Crippen LogP contribution in [0.4, 0.5) is 0 Å². The molecule has 1 atom stereocenters. The molecule has 146 valence electrons. The second-order valence-electron chi connectivity index (χ2n) is 6.42. The largest absolute Gasteiger partial charge is 0.497 e.